The number of nitrogens with one attached hydrogen (secondary N) is 1. The molecule has 0 bridgehead atoms. The highest BCUT2D eigenvalue weighted by Crippen LogP contribution is 2.37. The summed E-state index contributed by atoms with van der Waals surface area (Å²) in [6, 6.07) is 6.91. The molecule has 36 heavy (non-hydrogen) atoms. The van der Waals surface area contributed by atoms with Crippen LogP contribution in [0.5, 0.6) is 5.75 Å². The molecule has 2 aromatic carbocycles. The molecule has 4 rings (SSSR count). The summed E-state index contributed by atoms with van der Waals surface area (Å²) < 4.78 is 19.9. The van der Waals surface area contributed by atoms with Crippen LogP contribution < -0.4 is 10.3 Å². The van der Waals surface area contributed by atoms with Crippen molar-refractivity contribution in [1.29, 1.82) is 0 Å². The maximum Gasteiger partial charge on any atom is 0.245 e. The molecule has 12 heteroatoms. The van der Waals surface area contributed by atoms with Crippen LogP contribution in [0.4, 0.5) is 16.2 Å². The molecule has 2 N–H and O–H groups in total. The highest BCUT2D eigenvalue weighted by molar-refractivity contribution is 9.10. The molecular formula is C24H21BrCl2FN5O3. The average molecular weight is 597 g/mol. The van der Waals surface area contributed by atoms with Gasteiger partial charge in [0.2, 0.25) is 5.95 Å². The van der Waals surface area contributed by atoms with Crippen molar-refractivity contribution >= 4 is 62.9 Å². The van der Waals surface area contributed by atoms with Crippen LogP contribution in [-0.2, 0) is 11.2 Å². The maximum atomic E-state index is 14.2. The van der Waals surface area contributed by atoms with Crippen LogP contribution in [0, 0.1) is 12.7 Å². The van der Waals surface area contributed by atoms with Crippen LogP contribution in [0.3, 0.4) is 0 Å². The first-order chi connectivity index (χ1) is 17.3. The van der Waals surface area contributed by atoms with E-state index in [4.69, 9.17) is 27.9 Å². The van der Waals surface area contributed by atoms with Gasteiger partial charge >= 0.3 is 0 Å². The third-order valence-corrected chi connectivity index (χ3v) is 6.94. The lowest BCUT2D eigenvalue weighted by Crippen LogP contribution is -2.37. The number of hydrogen-bond acceptors (Lipinski definition) is 8. The van der Waals surface area contributed by atoms with Crippen molar-refractivity contribution in [2.75, 3.05) is 36.6 Å². The van der Waals surface area contributed by atoms with Gasteiger partial charge in [-0.3, -0.25) is 4.79 Å². The number of morpholine rings is 1. The van der Waals surface area contributed by atoms with Crippen molar-refractivity contribution in [1.82, 2.24) is 9.97 Å². The molecule has 1 fully saturated rings. The molecule has 0 amide bonds. The van der Waals surface area contributed by atoms with Gasteiger partial charge in [0.05, 0.1) is 36.2 Å². The molecule has 1 aromatic heterocycles. The van der Waals surface area contributed by atoms with E-state index in [1.807, 2.05) is 19.1 Å². The number of phenols is 1. The van der Waals surface area contributed by atoms with Gasteiger partial charge in [0, 0.05) is 34.6 Å². The SMILES string of the molecule is Cc1cccc(Cl)c1CC(=O)c1c(Br)cc(/C=N/Nc2ncc(F)c(N3CCOCC3)n2)c(O)c1Cl. The lowest BCUT2D eigenvalue weighted by molar-refractivity contribution is 0.0991. The second-order valence-corrected chi connectivity index (χ2v) is 9.59. The van der Waals surface area contributed by atoms with E-state index in [9.17, 15) is 14.3 Å². The van der Waals surface area contributed by atoms with Gasteiger partial charge in [0.1, 0.15) is 5.75 Å². The Kier molecular flexibility index (Phi) is 8.40. The first-order valence-electron chi connectivity index (χ1n) is 10.9. The molecule has 2 heterocycles. The van der Waals surface area contributed by atoms with Crippen LogP contribution in [0.1, 0.15) is 27.0 Å². The third-order valence-electron chi connectivity index (χ3n) is 5.60. The van der Waals surface area contributed by atoms with E-state index in [1.54, 1.807) is 11.0 Å². The first-order valence-corrected chi connectivity index (χ1v) is 12.4. The van der Waals surface area contributed by atoms with Crippen molar-refractivity contribution in [2.45, 2.75) is 13.3 Å². The molecular weight excluding hydrogens is 576 g/mol. The molecule has 0 atom stereocenters. The van der Waals surface area contributed by atoms with E-state index in [-0.39, 0.29) is 45.9 Å². The summed E-state index contributed by atoms with van der Waals surface area (Å²) in [5, 5.41) is 15.0. The van der Waals surface area contributed by atoms with E-state index >= 15 is 0 Å². The van der Waals surface area contributed by atoms with Gasteiger partial charge in [-0.05, 0) is 46.1 Å². The summed E-state index contributed by atoms with van der Waals surface area (Å²) >= 11 is 16.0. The fraction of sp³-hybridized carbons (Fsp3) is 0.250. The maximum absolute atomic E-state index is 14.2. The number of ketones is 1. The highest BCUT2D eigenvalue weighted by atomic mass is 79.9. The molecule has 188 valence electrons. The van der Waals surface area contributed by atoms with Crippen LogP contribution in [-0.4, -0.2) is 53.4 Å². The zero-order chi connectivity index (χ0) is 25.8. The zero-order valence-corrected chi connectivity index (χ0v) is 22.2. The summed E-state index contributed by atoms with van der Waals surface area (Å²) in [4.78, 5) is 22.9. The molecule has 0 radical (unpaired) electrons. The number of anilines is 2. The number of carbonyl (C=O) groups is 1. The van der Waals surface area contributed by atoms with E-state index in [2.05, 4.69) is 36.4 Å². The van der Waals surface area contributed by atoms with E-state index < -0.39 is 5.82 Å². The lowest BCUT2D eigenvalue weighted by Gasteiger charge is -2.27. The normalized spacial score (nSPS) is 13.9. The van der Waals surface area contributed by atoms with Gasteiger partial charge in [-0.25, -0.2) is 14.8 Å². The number of aryl methyl sites for hydroxylation is 1. The number of ether oxygens (including phenoxy) is 1. The van der Waals surface area contributed by atoms with Gasteiger partial charge < -0.3 is 14.7 Å². The number of aromatic nitrogens is 2. The number of rotatable bonds is 7. The second kappa shape index (κ2) is 11.5. The summed E-state index contributed by atoms with van der Waals surface area (Å²) in [6.45, 7) is 3.85. The van der Waals surface area contributed by atoms with Crippen molar-refractivity contribution in [3.63, 3.8) is 0 Å². The van der Waals surface area contributed by atoms with Crippen LogP contribution in [0.2, 0.25) is 10.0 Å². The molecule has 1 aliphatic heterocycles. The Morgan fingerprint density at radius 3 is 2.83 bits per heavy atom. The highest BCUT2D eigenvalue weighted by Gasteiger charge is 2.22. The Morgan fingerprint density at radius 2 is 2.11 bits per heavy atom. The number of Topliss-reactive ketones (excluding diaryl/α,β-unsaturated/α-hetero) is 1. The predicted octanol–water partition coefficient (Wildman–Crippen LogP) is 5.41. The minimum atomic E-state index is -0.549. The molecule has 0 saturated carbocycles. The molecule has 0 spiro atoms. The Labute approximate surface area is 225 Å². The quantitative estimate of drug-likeness (QED) is 0.214. The molecule has 0 aliphatic carbocycles. The summed E-state index contributed by atoms with van der Waals surface area (Å²) in [6.07, 6.45) is 2.37. The number of hydrazone groups is 1. The Hall–Kier alpha value is -2.79. The van der Waals surface area contributed by atoms with E-state index in [0.29, 0.717) is 41.4 Å². The van der Waals surface area contributed by atoms with E-state index in [1.165, 1.54) is 12.3 Å². The number of aromatic hydroxyl groups is 1. The molecule has 8 nitrogen and oxygen atoms in total. The first kappa shape index (κ1) is 26.3. The Bertz CT molecular complexity index is 1320. The minimum absolute atomic E-state index is 0.0195. The van der Waals surface area contributed by atoms with Crippen LogP contribution in [0.25, 0.3) is 0 Å². The Balaban J connectivity index is 1.52. The van der Waals surface area contributed by atoms with Crippen molar-refractivity contribution in [3.05, 3.63) is 73.1 Å². The topological polar surface area (TPSA) is 99.9 Å². The van der Waals surface area contributed by atoms with E-state index in [0.717, 1.165) is 11.8 Å². The van der Waals surface area contributed by atoms with Gasteiger partial charge in [-0.15, -0.1) is 0 Å². The van der Waals surface area contributed by atoms with Crippen LogP contribution in [0.15, 0.2) is 40.0 Å². The number of carbonyl (C=O) groups excluding carboxylic acids is 1. The van der Waals surface area contributed by atoms with Crippen molar-refractivity contribution in [2.24, 2.45) is 5.10 Å². The summed E-state index contributed by atoms with van der Waals surface area (Å²) in [7, 11) is 0. The number of hydrogen-bond donors (Lipinski definition) is 2. The summed E-state index contributed by atoms with van der Waals surface area (Å²) in [5.41, 5.74) is 4.56. The number of nitrogens with zero attached hydrogens (tertiary/aromatic N) is 4. The number of phenolic OH excluding ortho intramolecular Hbond substituents is 1. The second-order valence-electron chi connectivity index (χ2n) is 7.96. The molecule has 1 saturated heterocycles. The van der Waals surface area contributed by atoms with Gasteiger partial charge in [-0.2, -0.15) is 10.1 Å². The van der Waals surface area contributed by atoms with Crippen LogP contribution >= 0.6 is 39.1 Å². The van der Waals surface area contributed by atoms with Crippen molar-refractivity contribution in [3.8, 4) is 5.75 Å². The number of halogens is 4. The molecule has 1 aliphatic rings. The monoisotopic (exact) mass is 595 g/mol. The third kappa shape index (κ3) is 5.78. The molecule has 3 aromatic rings. The van der Waals surface area contributed by atoms with Gasteiger partial charge in [-0.1, -0.05) is 35.3 Å². The minimum Gasteiger partial charge on any atom is -0.506 e. The largest absolute Gasteiger partial charge is 0.506 e. The Morgan fingerprint density at radius 1 is 1.36 bits per heavy atom. The zero-order valence-electron chi connectivity index (χ0n) is 19.1. The average Bonchev–Trinajstić information content (AvgIpc) is 2.86. The van der Waals surface area contributed by atoms with Gasteiger partial charge in [0.15, 0.2) is 17.4 Å². The summed E-state index contributed by atoms with van der Waals surface area (Å²) in [5.74, 6) is -0.960. The number of benzene rings is 2. The van der Waals surface area contributed by atoms with Crippen molar-refractivity contribution < 1.29 is 19.0 Å². The lowest BCUT2D eigenvalue weighted by atomic mass is 9.98. The van der Waals surface area contributed by atoms with Gasteiger partial charge in [0.25, 0.3) is 0 Å². The molecule has 0 unspecified atom stereocenters. The predicted molar refractivity (Wildman–Crippen MR) is 141 cm³/mol. The fourth-order valence-corrected chi connectivity index (χ4v) is 5.07. The standard InChI is InChI=1S/C24H21BrCl2FN5O3/c1-13-3-2-4-17(26)15(13)10-19(34)20-16(25)9-14(22(35)21(20)27)11-30-32-24-29-12-18(28)23(31-24)33-5-7-36-8-6-33/h2-4,9,11-12,35H,5-8,10H2,1H3,(H,29,31,32)/b30-11+. The fourth-order valence-electron chi connectivity index (χ4n) is 3.69. The smallest absolute Gasteiger partial charge is 0.245 e.